The maximum atomic E-state index is 6.11. The van der Waals surface area contributed by atoms with Gasteiger partial charge in [-0.1, -0.05) is 30.5 Å². The van der Waals surface area contributed by atoms with Crippen LogP contribution in [0.2, 0.25) is 5.02 Å². The third kappa shape index (κ3) is 2.61. The van der Waals surface area contributed by atoms with E-state index in [-0.39, 0.29) is 0 Å². The predicted molar refractivity (Wildman–Crippen MR) is 85.1 cm³/mol. The molecule has 1 fully saturated rings. The highest BCUT2D eigenvalue weighted by molar-refractivity contribution is 6.30. The molecule has 1 aromatic carbocycles. The molecular weight excluding hydrogens is 268 g/mol. The van der Waals surface area contributed by atoms with Crippen LogP contribution in [0.15, 0.2) is 18.2 Å². The van der Waals surface area contributed by atoms with E-state index < -0.39 is 0 Å². The lowest BCUT2D eigenvalue weighted by atomic mass is 9.83. The van der Waals surface area contributed by atoms with Crippen LogP contribution in [0.5, 0.6) is 0 Å². The predicted octanol–water partition coefficient (Wildman–Crippen LogP) is 3.78. The summed E-state index contributed by atoms with van der Waals surface area (Å²) in [6.45, 7) is 0.829. The highest BCUT2D eigenvalue weighted by Gasteiger charge is 2.34. The molecule has 2 aliphatic rings. The summed E-state index contributed by atoms with van der Waals surface area (Å²) in [5.74, 6) is 0.671. The number of fused-ring (bicyclic) bond motifs is 1. The Morgan fingerprint density at radius 3 is 2.85 bits per heavy atom. The Balaban J connectivity index is 1.80. The summed E-state index contributed by atoms with van der Waals surface area (Å²) >= 11 is 6.11. The van der Waals surface area contributed by atoms with Crippen molar-refractivity contribution in [2.24, 2.45) is 11.7 Å². The van der Waals surface area contributed by atoms with E-state index in [1.165, 1.54) is 43.2 Å². The van der Waals surface area contributed by atoms with Gasteiger partial charge < -0.3 is 5.73 Å². The Kier molecular flexibility index (Phi) is 4.34. The average Bonchev–Trinajstić information content (AvgIpc) is 2.89. The van der Waals surface area contributed by atoms with Gasteiger partial charge in [0.2, 0.25) is 0 Å². The van der Waals surface area contributed by atoms with Gasteiger partial charge in [-0.25, -0.2) is 0 Å². The molecule has 0 heterocycles. The molecule has 2 N–H and O–H groups in total. The Morgan fingerprint density at radius 1 is 1.25 bits per heavy atom. The Morgan fingerprint density at radius 2 is 2.05 bits per heavy atom. The van der Waals surface area contributed by atoms with E-state index in [1.807, 2.05) is 6.07 Å². The summed E-state index contributed by atoms with van der Waals surface area (Å²) in [5.41, 5.74) is 8.92. The van der Waals surface area contributed by atoms with E-state index in [2.05, 4.69) is 24.1 Å². The number of aryl methyl sites for hydroxylation is 1. The molecular formula is C17H25ClN2. The van der Waals surface area contributed by atoms with Gasteiger partial charge in [-0.2, -0.15) is 0 Å². The molecule has 0 aromatic heterocycles. The average molecular weight is 293 g/mol. The number of nitrogens with two attached hydrogens (primary N) is 1. The van der Waals surface area contributed by atoms with Gasteiger partial charge in [0, 0.05) is 17.1 Å². The zero-order valence-corrected chi connectivity index (χ0v) is 13.1. The minimum Gasteiger partial charge on any atom is -0.330 e. The molecule has 3 rings (SSSR count). The second kappa shape index (κ2) is 6.05. The van der Waals surface area contributed by atoms with Gasteiger partial charge in [-0.15, -0.1) is 0 Å². The first-order chi connectivity index (χ1) is 9.70. The summed E-state index contributed by atoms with van der Waals surface area (Å²) in [7, 11) is 2.30. The number of hydrogen-bond donors (Lipinski definition) is 1. The maximum absolute atomic E-state index is 6.11. The summed E-state index contributed by atoms with van der Waals surface area (Å²) in [4.78, 5) is 2.61. The fourth-order valence-electron chi connectivity index (χ4n) is 4.22. The van der Waals surface area contributed by atoms with Crippen LogP contribution in [0.3, 0.4) is 0 Å². The van der Waals surface area contributed by atoms with Crippen molar-refractivity contribution in [3.05, 3.63) is 34.3 Å². The van der Waals surface area contributed by atoms with E-state index in [0.717, 1.165) is 18.0 Å². The van der Waals surface area contributed by atoms with E-state index in [4.69, 9.17) is 17.3 Å². The van der Waals surface area contributed by atoms with Crippen LogP contribution >= 0.6 is 11.6 Å². The number of rotatable bonds is 3. The van der Waals surface area contributed by atoms with E-state index in [0.29, 0.717) is 18.0 Å². The molecule has 2 aliphatic carbocycles. The zero-order chi connectivity index (χ0) is 14.1. The first-order valence-electron chi connectivity index (χ1n) is 7.91. The van der Waals surface area contributed by atoms with Crippen molar-refractivity contribution in [1.29, 1.82) is 0 Å². The molecule has 0 amide bonds. The number of benzene rings is 1. The quantitative estimate of drug-likeness (QED) is 0.919. The van der Waals surface area contributed by atoms with Crippen LogP contribution in [0.25, 0.3) is 0 Å². The normalized spacial score (nSPS) is 29.7. The van der Waals surface area contributed by atoms with Crippen molar-refractivity contribution >= 4 is 11.6 Å². The second-order valence-corrected chi connectivity index (χ2v) is 6.85. The third-order valence-corrected chi connectivity index (χ3v) is 5.57. The van der Waals surface area contributed by atoms with Crippen molar-refractivity contribution in [3.63, 3.8) is 0 Å². The Hall–Kier alpha value is -0.570. The van der Waals surface area contributed by atoms with Crippen molar-refractivity contribution in [1.82, 2.24) is 4.90 Å². The largest absolute Gasteiger partial charge is 0.330 e. The zero-order valence-electron chi connectivity index (χ0n) is 12.3. The van der Waals surface area contributed by atoms with Crippen LogP contribution in [-0.2, 0) is 6.42 Å². The molecule has 1 saturated carbocycles. The lowest BCUT2D eigenvalue weighted by Gasteiger charge is -2.41. The molecule has 0 spiro atoms. The topological polar surface area (TPSA) is 29.3 Å². The van der Waals surface area contributed by atoms with Gasteiger partial charge >= 0.3 is 0 Å². The first-order valence-corrected chi connectivity index (χ1v) is 8.29. The fraction of sp³-hybridized carbons (Fsp3) is 0.647. The Labute approximate surface area is 127 Å². The third-order valence-electron chi connectivity index (χ3n) is 5.34. The number of hydrogen-bond acceptors (Lipinski definition) is 2. The van der Waals surface area contributed by atoms with Crippen LogP contribution in [0.1, 0.15) is 49.3 Å². The van der Waals surface area contributed by atoms with Crippen molar-refractivity contribution in [2.75, 3.05) is 13.6 Å². The van der Waals surface area contributed by atoms with Gasteiger partial charge in [-0.05, 0) is 68.5 Å². The number of nitrogens with zero attached hydrogens (tertiary/aromatic N) is 1. The second-order valence-electron chi connectivity index (χ2n) is 6.41. The van der Waals surface area contributed by atoms with Gasteiger partial charge in [0.15, 0.2) is 0 Å². The van der Waals surface area contributed by atoms with E-state index >= 15 is 0 Å². The van der Waals surface area contributed by atoms with Gasteiger partial charge in [0.25, 0.3) is 0 Å². The maximum Gasteiger partial charge on any atom is 0.0408 e. The first kappa shape index (κ1) is 14.4. The molecule has 0 aliphatic heterocycles. The van der Waals surface area contributed by atoms with Gasteiger partial charge in [0.05, 0.1) is 0 Å². The van der Waals surface area contributed by atoms with Crippen LogP contribution in [0.4, 0.5) is 0 Å². The summed E-state index contributed by atoms with van der Waals surface area (Å²) in [6.07, 6.45) is 7.68. The monoisotopic (exact) mass is 292 g/mol. The summed E-state index contributed by atoms with van der Waals surface area (Å²) in [6, 6.07) is 7.62. The van der Waals surface area contributed by atoms with Crippen LogP contribution in [-0.4, -0.2) is 24.5 Å². The molecule has 3 atom stereocenters. The van der Waals surface area contributed by atoms with Gasteiger partial charge in [-0.3, -0.25) is 4.90 Å². The minimum absolute atomic E-state index is 0.555. The van der Waals surface area contributed by atoms with Crippen LogP contribution in [0, 0.1) is 5.92 Å². The molecule has 20 heavy (non-hydrogen) atoms. The molecule has 0 saturated heterocycles. The fourth-order valence-corrected chi connectivity index (χ4v) is 4.41. The number of halogens is 1. The minimum atomic E-state index is 0.555. The summed E-state index contributed by atoms with van der Waals surface area (Å²) < 4.78 is 0. The lowest BCUT2D eigenvalue weighted by Crippen LogP contribution is -2.44. The smallest absolute Gasteiger partial charge is 0.0408 e. The van der Waals surface area contributed by atoms with E-state index in [9.17, 15) is 0 Å². The van der Waals surface area contributed by atoms with Crippen molar-refractivity contribution in [2.45, 2.75) is 50.6 Å². The lowest BCUT2D eigenvalue weighted by molar-refractivity contribution is 0.0919. The molecule has 0 bridgehead atoms. The molecule has 2 nitrogen and oxygen atoms in total. The molecule has 1 aromatic rings. The highest BCUT2D eigenvalue weighted by Crippen LogP contribution is 2.40. The van der Waals surface area contributed by atoms with Crippen LogP contribution < -0.4 is 5.73 Å². The SMILES string of the molecule is CN(C1CCc2cc(Cl)ccc21)C1CCCCC1CN. The molecule has 3 heteroatoms. The van der Waals surface area contributed by atoms with Crippen molar-refractivity contribution < 1.29 is 0 Å². The van der Waals surface area contributed by atoms with Gasteiger partial charge in [0.1, 0.15) is 0 Å². The summed E-state index contributed by atoms with van der Waals surface area (Å²) in [5, 5.41) is 0.865. The molecule has 0 radical (unpaired) electrons. The molecule has 110 valence electrons. The highest BCUT2D eigenvalue weighted by atomic mass is 35.5. The standard InChI is InChI=1S/C17H25ClN2/c1-20(16-5-3-2-4-13(16)11-19)17-9-6-12-10-14(18)7-8-15(12)17/h7-8,10,13,16-17H,2-6,9,11,19H2,1H3. The van der Waals surface area contributed by atoms with E-state index in [1.54, 1.807) is 0 Å². The van der Waals surface area contributed by atoms with Crippen molar-refractivity contribution in [3.8, 4) is 0 Å². The Bertz CT molecular complexity index is 474. The molecule has 3 unspecified atom stereocenters.